The SMILES string of the molecule is O=C(CSc1nc(=O)n(CCO)c2c1CCCC2)N1CCCCC1. The van der Waals surface area contributed by atoms with Gasteiger partial charge in [-0.25, -0.2) is 4.79 Å². The fraction of sp³-hybridized carbons (Fsp3) is 0.706. The molecule has 2 aliphatic rings. The highest BCUT2D eigenvalue weighted by atomic mass is 32.2. The first-order valence-corrected chi connectivity index (χ1v) is 9.83. The molecule has 132 valence electrons. The molecule has 1 aromatic heterocycles. The molecule has 7 heteroatoms. The fourth-order valence-corrected chi connectivity index (χ4v) is 4.54. The first-order chi connectivity index (χ1) is 11.7. The van der Waals surface area contributed by atoms with Crippen LogP contribution in [-0.2, 0) is 24.2 Å². The smallest absolute Gasteiger partial charge is 0.348 e. The van der Waals surface area contributed by atoms with Gasteiger partial charge in [0.15, 0.2) is 0 Å². The third kappa shape index (κ3) is 3.83. The Hall–Kier alpha value is -1.34. The number of hydrogen-bond donors (Lipinski definition) is 1. The molecule has 0 unspecified atom stereocenters. The van der Waals surface area contributed by atoms with Crippen molar-refractivity contribution in [1.29, 1.82) is 0 Å². The molecule has 1 saturated heterocycles. The van der Waals surface area contributed by atoms with Gasteiger partial charge in [-0.1, -0.05) is 11.8 Å². The van der Waals surface area contributed by atoms with E-state index in [2.05, 4.69) is 4.98 Å². The van der Waals surface area contributed by atoms with E-state index in [1.54, 1.807) is 4.57 Å². The summed E-state index contributed by atoms with van der Waals surface area (Å²) in [5.41, 5.74) is 1.80. The van der Waals surface area contributed by atoms with Gasteiger partial charge in [0.25, 0.3) is 0 Å². The maximum atomic E-state index is 12.4. The summed E-state index contributed by atoms with van der Waals surface area (Å²) in [6.07, 6.45) is 7.25. The molecule has 1 aromatic rings. The van der Waals surface area contributed by atoms with Crippen LogP contribution in [0.1, 0.15) is 43.4 Å². The van der Waals surface area contributed by atoms with E-state index in [9.17, 15) is 14.7 Å². The second-order valence-corrected chi connectivity index (χ2v) is 7.40. The van der Waals surface area contributed by atoms with E-state index in [1.807, 2.05) is 4.90 Å². The lowest BCUT2D eigenvalue weighted by Gasteiger charge is -2.27. The van der Waals surface area contributed by atoms with Crippen LogP contribution < -0.4 is 5.69 Å². The van der Waals surface area contributed by atoms with Gasteiger partial charge in [0.2, 0.25) is 5.91 Å². The highest BCUT2D eigenvalue weighted by Crippen LogP contribution is 2.28. The molecule has 0 aromatic carbocycles. The Balaban J connectivity index is 1.76. The lowest BCUT2D eigenvalue weighted by atomic mass is 9.97. The van der Waals surface area contributed by atoms with E-state index < -0.39 is 0 Å². The number of aromatic nitrogens is 2. The number of carbonyl (C=O) groups excluding carboxylic acids is 1. The highest BCUT2D eigenvalue weighted by molar-refractivity contribution is 7.99. The van der Waals surface area contributed by atoms with Gasteiger partial charge in [-0.3, -0.25) is 9.36 Å². The van der Waals surface area contributed by atoms with Crippen LogP contribution in [0.25, 0.3) is 0 Å². The molecule has 2 heterocycles. The quantitative estimate of drug-likeness (QED) is 0.638. The topological polar surface area (TPSA) is 75.4 Å². The van der Waals surface area contributed by atoms with Crippen LogP contribution in [0.5, 0.6) is 0 Å². The minimum absolute atomic E-state index is 0.0615. The molecule has 6 nitrogen and oxygen atoms in total. The molecule has 3 rings (SSSR count). The first-order valence-electron chi connectivity index (χ1n) is 8.84. The summed E-state index contributed by atoms with van der Waals surface area (Å²) in [4.78, 5) is 30.8. The van der Waals surface area contributed by atoms with Crippen molar-refractivity contribution < 1.29 is 9.90 Å². The number of carbonyl (C=O) groups is 1. The molecule has 1 N–H and O–H groups in total. The molecular formula is C17H25N3O3S. The van der Waals surface area contributed by atoms with Crippen molar-refractivity contribution in [2.45, 2.75) is 56.5 Å². The highest BCUT2D eigenvalue weighted by Gasteiger charge is 2.22. The third-order valence-corrected chi connectivity index (χ3v) is 5.82. The van der Waals surface area contributed by atoms with Gasteiger partial charge in [0.1, 0.15) is 5.03 Å². The van der Waals surface area contributed by atoms with Crippen molar-refractivity contribution in [1.82, 2.24) is 14.5 Å². The van der Waals surface area contributed by atoms with Crippen LogP contribution in [0, 0.1) is 0 Å². The summed E-state index contributed by atoms with van der Waals surface area (Å²) in [6, 6.07) is 0. The summed E-state index contributed by atoms with van der Waals surface area (Å²) in [7, 11) is 0. The number of rotatable bonds is 5. The molecular weight excluding hydrogens is 326 g/mol. The van der Waals surface area contributed by atoms with Gasteiger partial charge in [0.05, 0.1) is 18.9 Å². The molecule has 0 radical (unpaired) electrons. The van der Waals surface area contributed by atoms with E-state index in [0.717, 1.165) is 62.9 Å². The molecule has 1 aliphatic heterocycles. The number of thioether (sulfide) groups is 1. The second kappa shape index (κ2) is 8.16. The summed E-state index contributed by atoms with van der Waals surface area (Å²) < 4.78 is 1.60. The van der Waals surface area contributed by atoms with Crippen LogP contribution in [0.4, 0.5) is 0 Å². The number of aliphatic hydroxyl groups is 1. The van der Waals surface area contributed by atoms with Crippen molar-refractivity contribution in [2.75, 3.05) is 25.4 Å². The summed E-state index contributed by atoms with van der Waals surface area (Å²) >= 11 is 1.40. The predicted octanol–water partition coefficient (Wildman–Crippen LogP) is 1.22. The maximum absolute atomic E-state index is 12.4. The minimum atomic E-state index is -0.308. The van der Waals surface area contributed by atoms with Gasteiger partial charge >= 0.3 is 5.69 Å². The van der Waals surface area contributed by atoms with E-state index in [4.69, 9.17) is 0 Å². The number of amides is 1. The van der Waals surface area contributed by atoms with Crippen LogP contribution in [-0.4, -0.2) is 50.9 Å². The zero-order valence-electron chi connectivity index (χ0n) is 14.0. The van der Waals surface area contributed by atoms with Crippen LogP contribution in [0.3, 0.4) is 0 Å². The number of piperidine rings is 1. The zero-order chi connectivity index (χ0) is 16.9. The Morgan fingerprint density at radius 3 is 2.62 bits per heavy atom. The summed E-state index contributed by atoms with van der Waals surface area (Å²) in [6.45, 7) is 1.94. The van der Waals surface area contributed by atoms with Gasteiger partial charge in [-0.15, -0.1) is 0 Å². The van der Waals surface area contributed by atoms with E-state index in [0.29, 0.717) is 17.3 Å². The normalized spacial score (nSPS) is 17.6. The van der Waals surface area contributed by atoms with Gasteiger partial charge < -0.3 is 10.0 Å². The minimum Gasteiger partial charge on any atom is -0.395 e. The Labute approximate surface area is 146 Å². The molecule has 24 heavy (non-hydrogen) atoms. The first kappa shape index (κ1) is 17.5. The van der Waals surface area contributed by atoms with Crippen molar-refractivity contribution in [3.8, 4) is 0 Å². The number of fused-ring (bicyclic) bond motifs is 1. The van der Waals surface area contributed by atoms with E-state index in [-0.39, 0.29) is 18.2 Å². The monoisotopic (exact) mass is 351 g/mol. The third-order valence-electron chi connectivity index (χ3n) is 4.82. The van der Waals surface area contributed by atoms with Crippen molar-refractivity contribution in [3.63, 3.8) is 0 Å². The molecule has 1 amide bonds. The average Bonchev–Trinajstić information content (AvgIpc) is 2.63. The zero-order valence-corrected chi connectivity index (χ0v) is 14.8. The Kier molecular flexibility index (Phi) is 5.94. The van der Waals surface area contributed by atoms with Crippen LogP contribution in [0.15, 0.2) is 9.82 Å². The predicted molar refractivity (Wildman–Crippen MR) is 93.4 cm³/mol. The van der Waals surface area contributed by atoms with Crippen LogP contribution in [0.2, 0.25) is 0 Å². The van der Waals surface area contributed by atoms with Gasteiger partial charge in [-0.05, 0) is 44.9 Å². The molecule has 1 aliphatic carbocycles. The van der Waals surface area contributed by atoms with E-state index >= 15 is 0 Å². The fourth-order valence-electron chi connectivity index (χ4n) is 3.56. The van der Waals surface area contributed by atoms with Gasteiger partial charge in [0, 0.05) is 24.3 Å². The number of hydrogen-bond acceptors (Lipinski definition) is 5. The Bertz CT molecular complexity index is 653. The summed E-state index contributed by atoms with van der Waals surface area (Å²) in [5, 5.41) is 9.91. The largest absolute Gasteiger partial charge is 0.395 e. The maximum Gasteiger partial charge on any atom is 0.348 e. The molecule has 0 saturated carbocycles. The standard InChI is InChI=1S/C17H25N3O3S/c21-11-10-20-14-7-3-2-6-13(14)16(18-17(20)23)24-12-15(22)19-8-4-1-5-9-19/h21H,1-12H2. The van der Waals surface area contributed by atoms with Crippen molar-refractivity contribution >= 4 is 17.7 Å². The van der Waals surface area contributed by atoms with Gasteiger partial charge in [-0.2, -0.15) is 4.98 Å². The van der Waals surface area contributed by atoms with Crippen molar-refractivity contribution in [3.05, 3.63) is 21.7 Å². The molecule has 1 fully saturated rings. The van der Waals surface area contributed by atoms with E-state index in [1.165, 1.54) is 18.2 Å². The number of aliphatic hydroxyl groups excluding tert-OH is 1. The number of nitrogens with zero attached hydrogens (tertiary/aromatic N) is 3. The second-order valence-electron chi connectivity index (χ2n) is 6.44. The Morgan fingerprint density at radius 2 is 1.88 bits per heavy atom. The van der Waals surface area contributed by atoms with Crippen molar-refractivity contribution in [2.24, 2.45) is 0 Å². The lowest BCUT2D eigenvalue weighted by Crippen LogP contribution is -2.37. The molecule has 0 atom stereocenters. The Morgan fingerprint density at radius 1 is 1.12 bits per heavy atom. The molecule has 0 spiro atoms. The lowest BCUT2D eigenvalue weighted by molar-refractivity contribution is -0.129. The van der Waals surface area contributed by atoms with Crippen LogP contribution >= 0.6 is 11.8 Å². The average molecular weight is 351 g/mol. The number of likely N-dealkylation sites (tertiary alicyclic amines) is 1. The molecule has 0 bridgehead atoms. The summed E-state index contributed by atoms with van der Waals surface area (Å²) in [5.74, 6) is 0.494.